The normalized spacial score (nSPS) is 20.9. The molecule has 1 fully saturated rings. The molecule has 1 amide bonds. The third kappa shape index (κ3) is 4.64. The highest BCUT2D eigenvalue weighted by atomic mass is 16.2. The first-order valence-corrected chi connectivity index (χ1v) is 8.56. The number of rotatable bonds is 6. The Labute approximate surface area is 142 Å². The van der Waals surface area contributed by atoms with Crippen LogP contribution in [0.4, 0.5) is 0 Å². The summed E-state index contributed by atoms with van der Waals surface area (Å²) in [6, 6.07) is 6.67. The van der Waals surface area contributed by atoms with Gasteiger partial charge in [0.2, 0.25) is 5.91 Å². The molecular formula is C18H25N5O. The molecule has 24 heavy (non-hydrogen) atoms. The number of nitrogens with one attached hydrogen (secondary N) is 1. The summed E-state index contributed by atoms with van der Waals surface area (Å²) in [6.45, 7) is 1.14. The topological polar surface area (TPSA) is 63.1 Å². The van der Waals surface area contributed by atoms with E-state index < -0.39 is 0 Å². The van der Waals surface area contributed by atoms with Gasteiger partial charge < -0.3 is 5.32 Å². The van der Waals surface area contributed by atoms with Crippen LogP contribution in [0, 0.1) is 0 Å². The maximum absolute atomic E-state index is 12.2. The smallest absolute Gasteiger partial charge is 0.234 e. The van der Waals surface area contributed by atoms with Crippen LogP contribution in [0.2, 0.25) is 0 Å². The first-order valence-electron chi connectivity index (χ1n) is 8.56. The van der Waals surface area contributed by atoms with Crippen LogP contribution >= 0.6 is 0 Å². The van der Waals surface area contributed by atoms with Gasteiger partial charge in [-0.1, -0.05) is 6.07 Å². The molecule has 0 aliphatic heterocycles. The van der Waals surface area contributed by atoms with E-state index in [-0.39, 0.29) is 11.9 Å². The molecule has 0 saturated heterocycles. The van der Waals surface area contributed by atoms with Gasteiger partial charge in [-0.2, -0.15) is 5.10 Å². The fraction of sp³-hybridized carbons (Fsp3) is 0.500. The van der Waals surface area contributed by atoms with Crippen molar-refractivity contribution < 1.29 is 4.79 Å². The van der Waals surface area contributed by atoms with Gasteiger partial charge in [-0.25, -0.2) is 0 Å². The Morgan fingerprint density at radius 3 is 2.79 bits per heavy atom. The van der Waals surface area contributed by atoms with Crippen molar-refractivity contribution in [2.45, 2.75) is 44.3 Å². The average Bonchev–Trinajstić information content (AvgIpc) is 3.10. The van der Waals surface area contributed by atoms with E-state index in [0.717, 1.165) is 37.8 Å². The molecule has 0 spiro atoms. The lowest BCUT2D eigenvalue weighted by atomic mass is 9.91. The lowest BCUT2D eigenvalue weighted by Gasteiger charge is -2.29. The van der Waals surface area contributed by atoms with Gasteiger partial charge in [0.05, 0.1) is 12.6 Å². The van der Waals surface area contributed by atoms with Gasteiger partial charge >= 0.3 is 0 Å². The predicted molar refractivity (Wildman–Crippen MR) is 92.2 cm³/mol. The summed E-state index contributed by atoms with van der Waals surface area (Å²) >= 11 is 0. The molecule has 2 heterocycles. The van der Waals surface area contributed by atoms with Crippen LogP contribution in [0.1, 0.15) is 37.3 Å². The molecular weight excluding hydrogens is 302 g/mol. The van der Waals surface area contributed by atoms with Crippen LogP contribution in [0.5, 0.6) is 0 Å². The fourth-order valence-electron chi connectivity index (χ4n) is 3.36. The minimum absolute atomic E-state index is 0.101. The van der Waals surface area contributed by atoms with Crippen LogP contribution in [0.15, 0.2) is 43.0 Å². The molecule has 0 bridgehead atoms. The van der Waals surface area contributed by atoms with Gasteiger partial charge in [0.25, 0.3) is 0 Å². The van der Waals surface area contributed by atoms with Crippen LogP contribution in [-0.2, 0) is 11.3 Å². The van der Waals surface area contributed by atoms with Crippen molar-refractivity contribution in [2.75, 3.05) is 13.6 Å². The highest BCUT2D eigenvalue weighted by Crippen LogP contribution is 2.27. The average molecular weight is 327 g/mol. The summed E-state index contributed by atoms with van der Waals surface area (Å²) in [5.74, 6) is 0.101. The summed E-state index contributed by atoms with van der Waals surface area (Å²) in [4.78, 5) is 18.4. The van der Waals surface area contributed by atoms with Crippen molar-refractivity contribution in [3.05, 3.63) is 48.5 Å². The summed E-state index contributed by atoms with van der Waals surface area (Å²) in [5, 5.41) is 7.50. The minimum Gasteiger partial charge on any atom is -0.352 e. The number of hydrogen-bond acceptors (Lipinski definition) is 4. The van der Waals surface area contributed by atoms with Crippen molar-refractivity contribution in [2.24, 2.45) is 0 Å². The van der Waals surface area contributed by atoms with Crippen LogP contribution in [0.25, 0.3) is 0 Å². The molecule has 3 rings (SSSR count). The van der Waals surface area contributed by atoms with Gasteiger partial charge in [0, 0.05) is 37.4 Å². The number of aromatic nitrogens is 3. The van der Waals surface area contributed by atoms with E-state index in [0.29, 0.717) is 12.6 Å². The quantitative estimate of drug-likeness (QED) is 0.881. The van der Waals surface area contributed by atoms with E-state index in [4.69, 9.17) is 0 Å². The van der Waals surface area contributed by atoms with E-state index >= 15 is 0 Å². The van der Waals surface area contributed by atoms with Gasteiger partial charge in [0.15, 0.2) is 0 Å². The Bertz CT molecular complexity index is 620. The fourth-order valence-corrected chi connectivity index (χ4v) is 3.36. The number of hydrogen-bond donors (Lipinski definition) is 1. The van der Waals surface area contributed by atoms with E-state index in [2.05, 4.69) is 15.4 Å². The molecule has 1 aliphatic rings. The van der Waals surface area contributed by atoms with Crippen LogP contribution < -0.4 is 5.32 Å². The monoisotopic (exact) mass is 327 g/mol. The Morgan fingerprint density at radius 1 is 1.29 bits per heavy atom. The first kappa shape index (κ1) is 16.6. The Hall–Kier alpha value is -2.21. The zero-order valence-corrected chi connectivity index (χ0v) is 14.1. The number of carbonyl (C=O) groups excluding carboxylic acids is 1. The van der Waals surface area contributed by atoms with Gasteiger partial charge in [-0.15, -0.1) is 0 Å². The Balaban J connectivity index is 1.39. The minimum atomic E-state index is 0.101. The molecule has 0 unspecified atom stereocenters. The van der Waals surface area contributed by atoms with E-state index in [1.54, 1.807) is 6.20 Å². The van der Waals surface area contributed by atoms with Crippen LogP contribution in [0.3, 0.4) is 0 Å². The molecule has 6 heteroatoms. The Kier molecular flexibility index (Phi) is 5.59. The molecule has 0 radical (unpaired) electrons. The lowest BCUT2D eigenvalue weighted by molar-refractivity contribution is -0.123. The third-order valence-corrected chi connectivity index (χ3v) is 4.55. The molecule has 0 aromatic carbocycles. The molecule has 6 nitrogen and oxygen atoms in total. The summed E-state index contributed by atoms with van der Waals surface area (Å²) in [7, 11) is 1.96. The summed E-state index contributed by atoms with van der Waals surface area (Å²) in [6.07, 6.45) is 11.6. The van der Waals surface area contributed by atoms with Crippen molar-refractivity contribution in [3.63, 3.8) is 0 Å². The lowest BCUT2D eigenvalue weighted by Crippen LogP contribution is -2.42. The first-order chi connectivity index (χ1) is 11.7. The van der Waals surface area contributed by atoms with Gasteiger partial charge in [-0.3, -0.25) is 19.4 Å². The van der Waals surface area contributed by atoms with E-state index in [9.17, 15) is 4.79 Å². The number of nitrogens with zero attached hydrogens (tertiary/aromatic N) is 4. The summed E-state index contributed by atoms with van der Waals surface area (Å²) in [5.41, 5.74) is 1.12. The Morgan fingerprint density at radius 2 is 2.12 bits per heavy atom. The van der Waals surface area contributed by atoms with Gasteiger partial charge in [0.1, 0.15) is 0 Å². The van der Waals surface area contributed by atoms with Crippen molar-refractivity contribution in [1.82, 2.24) is 25.0 Å². The second-order valence-corrected chi connectivity index (χ2v) is 6.59. The second-order valence-electron chi connectivity index (χ2n) is 6.59. The van der Waals surface area contributed by atoms with E-state index in [1.807, 2.05) is 53.4 Å². The summed E-state index contributed by atoms with van der Waals surface area (Å²) < 4.78 is 2.04. The van der Waals surface area contributed by atoms with E-state index in [1.165, 1.54) is 0 Å². The van der Waals surface area contributed by atoms with Crippen molar-refractivity contribution in [1.29, 1.82) is 0 Å². The highest BCUT2D eigenvalue weighted by molar-refractivity contribution is 5.78. The predicted octanol–water partition coefficient (Wildman–Crippen LogP) is 2.01. The van der Waals surface area contributed by atoms with Crippen LogP contribution in [-0.4, -0.2) is 45.2 Å². The maximum Gasteiger partial charge on any atom is 0.234 e. The molecule has 1 aliphatic carbocycles. The number of likely N-dealkylation sites (N-methyl/N-ethyl adjacent to an activating group) is 1. The molecule has 128 valence electrons. The molecule has 2 aromatic rings. The SMILES string of the molecule is CN(CC(=O)NC1CCC(n2cccn2)CC1)Cc1cccnc1. The number of carbonyl (C=O) groups is 1. The second kappa shape index (κ2) is 8.06. The molecule has 1 saturated carbocycles. The zero-order valence-electron chi connectivity index (χ0n) is 14.1. The number of amides is 1. The molecule has 0 atom stereocenters. The number of pyridine rings is 1. The van der Waals surface area contributed by atoms with Gasteiger partial charge in [-0.05, 0) is 50.4 Å². The third-order valence-electron chi connectivity index (χ3n) is 4.55. The standard InChI is InChI=1S/C18H25N5O/c1-22(13-15-4-2-9-19-12-15)14-18(24)21-16-5-7-17(8-6-16)23-11-3-10-20-23/h2-4,9-12,16-17H,5-8,13-14H2,1H3,(H,21,24). The van der Waals surface area contributed by atoms with Crippen molar-refractivity contribution >= 4 is 5.91 Å². The largest absolute Gasteiger partial charge is 0.352 e. The highest BCUT2D eigenvalue weighted by Gasteiger charge is 2.23. The maximum atomic E-state index is 12.2. The van der Waals surface area contributed by atoms with Crippen molar-refractivity contribution in [3.8, 4) is 0 Å². The zero-order chi connectivity index (χ0) is 16.8. The molecule has 2 aromatic heterocycles. The molecule has 1 N–H and O–H groups in total.